The Morgan fingerprint density at radius 1 is 1.19 bits per heavy atom. The molecule has 0 fully saturated rings. The van der Waals surface area contributed by atoms with Gasteiger partial charge in [0.2, 0.25) is 0 Å². The summed E-state index contributed by atoms with van der Waals surface area (Å²) >= 11 is 0. The Hall–Kier alpha value is -3.05. The van der Waals surface area contributed by atoms with Gasteiger partial charge in [0.15, 0.2) is 0 Å². The summed E-state index contributed by atoms with van der Waals surface area (Å²) in [5, 5.41) is 12.4. The molecule has 26 heavy (non-hydrogen) atoms. The number of fused-ring (bicyclic) bond motifs is 1. The van der Waals surface area contributed by atoms with Gasteiger partial charge in [0, 0.05) is 6.54 Å². The first-order chi connectivity index (χ1) is 12.3. The molecule has 0 saturated carbocycles. The van der Waals surface area contributed by atoms with E-state index in [0.717, 1.165) is 0 Å². The largest absolute Gasteiger partial charge is 0.284 e. The van der Waals surface area contributed by atoms with Crippen molar-refractivity contribution in [3.8, 4) is 6.07 Å². The highest BCUT2D eigenvalue weighted by atomic mass is 32.2. The highest BCUT2D eigenvalue weighted by Crippen LogP contribution is 2.26. The van der Waals surface area contributed by atoms with E-state index in [1.165, 1.54) is 18.2 Å². The molecule has 134 valence electrons. The summed E-state index contributed by atoms with van der Waals surface area (Å²) < 4.78 is 29.1. The topological polar surface area (TPSA) is 108 Å². The number of nitrogens with one attached hydrogen (secondary N) is 2. The molecule has 0 unspecified atom stereocenters. The zero-order valence-corrected chi connectivity index (χ0v) is 15.2. The lowest BCUT2D eigenvalue weighted by molar-refractivity contribution is 0.492. The van der Waals surface area contributed by atoms with Crippen LogP contribution in [0.25, 0.3) is 10.9 Å². The summed E-state index contributed by atoms with van der Waals surface area (Å²) in [7, 11) is -3.86. The van der Waals surface area contributed by atoms with Crippen LogP contribution in [0, 0.1) is 17.2 Å². The van der Waals surface area contributed by atoms with Crippen molar-refractivity contribution >= 4 is 26.6 Å². The quantitative estimate of drug-likeness (QED) is 0.720. The molecule has 0 amide bonds. The van der Waals surface area contributed by atoms with Crippen molar-refractivity contribution in [2.75, 3.05) is 4.72 Å². The van der Waals surface area contributed by atoms with Gasteiger partial charge >= 0.3 is 0 Å². The molecule has 0 aliphatic carbocycles. The van der Waals surface area contributed by atoms with Crippen LogP contribution < -0.4 is 10.3 Å². The second-order valence-corrected chi connectivity index (χ2v) is 8.04. The number of sulfonamides is 1. The van der Waals surface area contributed by atoms with E-state index >= 15 is 0 Å². The van der Waals surface area contributed by atoms with E-state index in [9.17, 15) is 18.5 Å². The third kappa shape index (κ3) is 3.21. The molecule has 0 aliphatic rings. The number of anilines is 1. The third-order valence-electron chi connectivity index (χ3n) is 3.90. The fourth-order valence-corrected chi connectivity index (χ4v) is 3.89. The molecule has 0 spiro atoms. The predicted octanol–water partition coefficient (Wildman–Crippen LogP) is 2.66. The molecule has 2 N–H and O–H groups in total. The van der Waals surface area contributed by atoms with Crippen molar-refractivity contribution in [1.82, 2.24) is 9.78 Å². The predicted molar refractivity (Wildman–Crippen MR) is 99.4 cm³/mol. The Balaban J connectivity index is 2.13. The van der Waals surface area contributed by atoms with Gasteiger partial charge in [-0.3, -0.25) is 19.3 Å². The number of hydrogen-bond donors (Lipinski definition) is 2. The summed E-state index contributed by atoms with van der Waals surface area (Å²) in [6.07, 6.45) is 0. The van der Waals surface area contributed by atoms with Crippen molar-refractivity contribution in [2.45, 2.75) is 25.3 Å². The number of nitriles is 1. The van der Waals surface area contributed by atoms with Gasteiger partial charge in [-0.1, -0.05) is 32.0 Å². The van der Waals surface area contributed by atoms with Crippen LogP contribution in [0.2, 0.25) is 0 Å². The molecular weight excluding hydrogens is 352 g/mol. The molecule has 0 atom stereocenters. The monoisotopic (exact) mass is 370 g/mol. The Morgan fingerprint density at radius 2 is 1.88 bits per heavy atom. The fourth-order valence-electron chi connectivity index (χ4n) is 2.80. The highest BCUT2D eigenvalue weighted by molar-refractivity contribution is 7.92. The van der Waals surface area contributed by atoms with Crippen LogP contribution >= 0.6 is 0 Å². The van der Waals surface area contributed by atoms with Crippen LogP contribution in [0.1, 0.15) is 19.4 Å². The summed E-state index contributed by atoms with van der Waals surface area (Å²) in [6, 6.07) is 13.0. The molecule has 7 nitrogen and oxygen atoms in total. The fraction of sp³-hybridized carbons (Fsp3) is 0.222. The van der Waals surface area contributed by atoms with Gasteiger partial charge < -0.3 is 0 Å². The lowest BCUT2D eigenvalue weighted by atomic mass is 10.1. The van der Waals surface area contributed by atoms with Gasteiger partial charge in [0.25, 0.3) is 15.6 Å². The minimum atomic E-state index is -3.86. The van der Waals surface area contributed by atoms with E-state index < -0.39 is 15.6 Å². The van der Waals surface area contributed by atoms with Crippen LogP contribution in [-0.4, -0.2) is 18.2 Å². The van der Waals surface area contributed by atoms with E-state index in [4.69, 9.17) is 0 Å². The van der Waals surface area contributed by atoms with Crippen molar-refractivity contribution in [3.05, 3.63) is 58.4 Å². The van der Waals surface area contributed by atoms with Gasteiger partial charge in [-0.05, 0) is 30.2 Å². The smallest absolute Gasteiger partial charge is 0.273 e. The van der Waals surface area contributed by atoms with E-state index in [-0.39, 0.29) is 21.5 Å². The minimum Gasteiger partial charge on any atom is -0.284 e. The first kappa shape index (κ1) is 17.8. The number of H-pyrrole nitrogens is 1. The highest BCUT2D eigenvalue weighted by Gasteiger charge is 2.20. The Labute approximate surface area is 150 Å². The lowest BCUT2D eigenvalue weighted by Gasteiger charge is -2.11. The molecular formula is C18H18N4O3S. The Kier molecular flexibility index (Phi) is 4.57. The number of hydrogen-bond acceptors (Lipinski definition) is 4. The third-order valence-corrected chi connectivity index (χ3v) is 5.28. The standard InChI is InChI=1S/C18H18N4O3S/c1-12(2)11-22-16-9-8-15(14(10-19)17(16)18(23)20-22)21-26(24,25)13-6-4-3-5-7-13/h3-9,12,21H,11H2,1-2H3,(H,20,23). The Bertz CT molecular complexity index is 1150. The van der Waals surface area contributed by atoms with Crippen LogP contribution in [0.4, 0.5) is 5.69 Å². The molecule has 3 rings (SSSR count). The second-order valence-electron chi connectivity index (χ2n) is 6.36. The van der Waals surface area contributed by atoms with Crippen molar-refractivity contribution in [1.29, 1.82) is 5.26 Å². The maximum absolute atomic E-state index is 12.5. The number of aromatic amines is 1. The summed E-state index contributed by atoms with van der Waals surface area (Å²) in [5.41, 5.74) is 0.239. The number of benzene rings is 2. The Morgan fingerprint density at radius 3 is 2.50 bits per heavy atom. The number of nitrogens with zero attached hydrogens (tertiary/aromatic N) is 2. The lowest BCUT2D eigenvalue weighted by Crippen LogP contribution is -2.14. The first-order valence-electron chi connectivity index (χ1n) is 8.07. The average Bonchev–Trinajstić information content (AvgIpc) is 2.90. The van der Waals surface area contributed by atoms with Gasteiger partial charge in [0.1, 0.15) is 6.07 Å². The molecule has 0 saturated heterocycles. The molecule has 2 aromatic carbocycles. The average molecular weight is 370 g/mol. The van der Waals surface area contributed by atoms with E-state index in [2.05, 4.69) is 9.82 Å². The minimum absolute atomic E-state index is 0.00534. The molecule has 3 aromatic rings. The maximum Gasteiger partial charge on any atom is 0.273 e. The molecule has 0 radical (unpaired) electrons. The van der Waals surface area contributed by atoms with Crippen molar-refractivity contribution in [3.63, 3.8) is 0 Å². The van der Waals surface area contributed by atoms with Gasteiger partial charge in [-0.15, -0.1) is 0 Å². The van der Waals surface area contributed by atoms with Gasteiger partial charge in [-0.2, -0.15) is 5.26 Å². The molecule has 0 aliphatic heterocycles. The molecule has 8 heteroatoms. The van der Waals surface area contributed by atoms with Crippen LogP contribution in [0.3, 0.4) is 0 Å². The zero-order valence-electron chi connectivity index (χ0n) is 14.4. The zero-order chi connectivity index (χ0) is 18.9. The van der Waals surface area contributed by atoms with Crippen molar-refractivity contribution < 1.29 is 8.42 Å². The van der Waals surface area contributed by atoms with E-state index in [1.807, 2.05) is 19.9 Å². The van der Waals surface area contributed by atoms with E-state index in [1.54, 1.807) is 28.9 Å². The van der Waals surface area contributed by atoms with E-state index in [0.29, 0.717) is 18.0 Å². The van der Waals surface area contributed by atoms with Crippen LogP contribution in [0.5, 0.6) is 0 Å². The summed E-state index contributed by atoms with van der Waals surface area (Å²) in [6.45, 7) is 4.61. The van der Waals surface area contributed by atoms with Gasteiger partial charge in [0.05, 0.1) is 27.0 Å². The normalized spacial score (nSPS) is 11.6. The maximum atomic E-state index is 12.5. The van der Waals surface area contributed by atoms with Gasteiger partial charge in [-0.25, -0.2) is 8.42 Å². The molecule has 1 aromatic heterocycles. The van der Waals surface area contributed by atoms with Crippen LogP contribution in [0.15, 0.2) is 52.2 Å². The SMILES string of the molecule is CC(C)Cn1[nH]c(=O)c2c(C#N)c(NS(=O)(=O)c3ccccc3)ccc21. The number of rotatable bonds is 5. The molecule has 0 bridgehead atoms. The summed E-state index contributed by atoms with van der Waals surface area (Å²) in [4.78, 5) is 12.4. The first-order valence-corrected chi connectivity index (χ1v) is 9.55. The van der Waals surface area contributed by atoms with Crippen molar-refractivity contribution in [2.24, 2.45) is 5.92 Å². The second kappa shape index (κ2) is 6.69. The summed E-state index contributed by atoms with van der Waals surface area (Å²) in [5.74, 6) is 0.294. The molecule has 1 heterocycles. The number of aromatic nitrogens is 2. The van der Waals surface area contributed by atoms with Crippen LogP contribution in [-0.2, 0) is 16.6 Å².